The molecular formula is C24H23FN4O3S2. The van der Waals surface area contributed by atoms with Gasteiger partial charge in [-0.05, 0) is 43.2 Å². The molecule has 7 nitrogen and oxygen atoms in total. The maximum absolute atomic E-state index is 13.0. The van der Waals surface area contributed by atoms with Crippen molar-refractivity contribution >= 4 is 34.1 Å². The summed E-state index contributed by atoms with van der Waals surface area (Å²) in [7, 11) is 0. The number of hydrogen-bond acceptors (Lipinski definition) is 8. The minimum atomic E-state index is -0.522. The minimum Gasteiger partial charge on any atom is -0.481 e. The highest BCUT2D eigenvalue weighted by Gasteiger charge is 2.17. The molecule has 0 saturated carbocycles. The SMILES string of the molecule is CCCc1ccc(-c2csc(NC(=O)CSc3nnc(C(C)Oc4ccc(F)cc4)o3)n2)cc1. The molecule has 0 radical (unpaired) electrons. The molecule has 0 fully saturated rings. The number of carbonyl (C=O) groups is 1. The molecule has 1 unspecified atom stereocenters. The molecule has 10 heteroatoms. The number of benzene rings is 2. The molecule has 0 saturated heterocycles. The van der Waals surface area contributed by atoms with E-state index >= 15 is 0 Å². The van der Waals surface area contributed by atoms with E-state index in [4.69, 9.17) is 9.15 Å². The van der Waals surface area contributed by atoms with Crippen LogP contribution in [0.2, 0.25) is 0 Å². The van der Waals surface area contributed by atoms with E-state index in [1.54, 1.807) is 6.92 Å². The van der Waals surface area contributed by atoms with Gasteiger partial charge in [-0.3, -0.25) is 4.79 Å². The molecule has 1 N–H and O–H groups in total. The molecule has 0 aliphatic rings. The van der Waals surface area contributed by atoms with E-state index in [1.165, 1.54) is 41.2 Å². The first-order chi connectivity index (χ1) is 16.5. The number of ether oxygens (including phenoxy) is 1. The second-order valence-corrected chi connectivity index (χ2v) is 9.23. The van der Waals surface area contributed by atoms with Crippen LogP contribution < -0.4 is 10.1 Å². The van der Waals surface area contributed by atoms with Crippen molar-refractivity contribution in [2.75, 3.05) is 11.1 Å². The van der Waals surface area contributed by atoms with Crippen molar-refractivity contribution in [3.05, 3.63) is 71.2 Å². The molecule has 4 rings (SSSR count). The maximum Gasteiger partial charge on any atom is 0.277 e. The highest BCUT2D eigenvalue weighted by Crippen LogP contribution is 2.27. The van der Waals surface area contributed by atoms with Gasteiger partial charge in [0.15, 0.2) is 11.2 Å². The van der Waals surface area contributed by atoms with Crippen LogP contribution in [0.25, 0.3) is 11.3 Å². The quantitative estimate of drug-likeness (QED) is 0.262. The van der Waals surface area contributed by atoms with Crippen molar-refractivity contribution in [3.8, 4) is 17.0 Å². The van der Waals surface area contributed by atoms with Crippen LogP contribution in [0.1, 0.15) is 37.8 Å². The Balaban J connectivity index is 1.27. The fraction of sp³-hybridized carbons (Fsp3) is 0.250. The molecular weight excluding hydrogens is 475 g/mol. The fourth-order valence-corrected chi connectivity index (χ4v) is 4.39. The first-order valence-electron chi connectivity index (χ1n) is 10.7. The number of aromatic nitrogens is 3. The topological polar surface area (TPSA) is 90.1 Å². The maximum atomic E-state index is 13.0. The van der Waals surface area contributed by atoms with Gasteiger partial charge in [-0.2, -0.15) is 0 Å². The van der Waals surface area contributed by atoms with Crippen molar-refractivity contribution in [2.45, 2.75) is 38.0 Å². The molecule has 2 aromatic heterocycles. The van der Waals surface area contributed by atoms with Gasteiger partial charge in [-0.15, -0.1) is 21.5 Å². The zero-order valence-corrected chi connectivity index (χ0v) is 20.3. The molecule has 34 heavy (non-hydrogen) atoms. The second kappa shape index (κ2) is 11.3. The van der Waals surface area contributed by atoms with Crippen LogP contribution in [0.5, 0.6) is 5.75 Å². The van der Waals surface area contributed by atoms with E-state index in [9.17, 15) is 9.18 Å². The summed E-state index contributed by atoms with van der Waals surface area (Å²) in [5.41, 5.74) is 3.14. The number of amides is 1. The van der Waals surface area contributed by atoms with E-state index in [0.29, 0.717) is 10.9 Å². The summed E-state index contributed by atoms with van der Waals surface area (Å²) in [5, 5.41) is 13.4. The van der Waals surface area contributed by atoms with E-state index in [0.717, 1.165) is 35.9 Å². The third kappa shape index (κ3) is 6.42. The van der Waals surface area contributed by atoms with Crippen LogP contribution >= 0.6 is 23.1 Å². The number of hydrogen-bond donors (Lipinski definition) is 1. The van der Waals surface area contributed by atoms with E-state index in [2.05, 4.69) is 51.7 Å². The summed E-state index contributed by atoms with van der Waals surface area (Å²) in [6.45, 7) is 3.90. The number of thioether (sulfide) groups is 1. The van der Waals surface area contributed by atoms with Gasteiger partial charge >= 0.3 is 0 Å². The van der Waals surface area contributed by atoms with Crippen LogP contribution in [-0.2, 0) is 11.2 Å². The molecule has 0 bridgehead atoms. The Kier molecular flexibility index (Phi) is 7.91. The molecule has 176 valence electrons. The van der Waals surface area contributed by atoms with E-state index < -0.39 is 6.10 Å². The molecule has 1 atom stereocenters. The summed E-state index contributed by atoms with van der Waals surface area (Å²) >= 11 is 2.50. The Labute approximate surface area is 204 Å². The number of nitrogens with zero attached hydrogens (tertiary/aromatic N) is 3. The lowest BCUT2D eigenvalue weighted by atomic mass is 10.1. The molecule has 2 aromatic carbocycles. The van der Waals surface area contributed by atoms with Crippen molar-refractivity contribution < 1.29 is 18.3 Å². The average Bonchev–Trinajstić information content (AvgIpc) is 3.50. The second-order valence-electron chi connectivity index (χ2n) is 7.44. The molecule has 4 aromatic rings. The summed E-state index contributed by atoms with van der Waals surface area (Å²) in [6.07, 6.45) is 1.64. The zero-order chi connectivity index (χ0) is 23.9. The normalized spacial score (nSPS) is 11.9. The van der Waals surface area contributed by atoms with E-state index in [-0.39, 0.29) is 28.6 Å². The van der Waals surface area contributed by atoms with Crippen LogP contribution in [0.3, 0.4) is 0 Å². The highest BCUT2D eigenvalue weighted by molar-refractivity contribution is 7.99. The summed E-state index contributed by atoms with van der Waals surface area (Å²) < 4.78 is 24.3. The predicted octanol–water partition coefficient (Wildman–Crippen LogP) is 6.16. The zero-order valence-electron chi connectivity index (χ0n) is 18.7. The lowest BCUT2D eigenvalue weighted by Crippen LogP contribution is -2.13. The summed E-state index contributed by atoms with van der Waals surface area (Å²) in [5.74, 6) is 0.279. The monoisotopic (exact) mass is 498 g/mol. The van der Waals surface area contributed by atoms with Gasteiger partial charge in [0.25, 0.3) is 11.1 Å². The number of carbonyl (C=O) groups excluding carboxylic acids is 1. The van der Waals surface area contributed by atoms with Crippen molar-refractivity contribution in [1.29, 1.82) is 0 Å². The van der Waals surface area contributed by atoms with Crippen LogP contribution in [-0.4, -0.2) is 26.8 Å². The largest absolute Gasteiger partial charge is 0.481 e. The van der Waals surface area contributed by atoms with Gasteiger partial charge in [-0.25, -0.2) is 9.37 Å². The summed E-state index contributed by atoms with van der Waals surface area (Å²) in [6, 6.07) is 14.0. The van der Waals surface area contributed by atoms with Gasteiger partial charge in [0.2, 0.25) is 5.91 Å². The van der Waals surface area contributed by atoms with Crippen molar-refractivity contribution in [1.82, 2.24) is 15.2 Å². The average molecular weight is 499 g/mol. The molecule has 2 heterocycles. The Morgan fingerprint density at radius 2 is 1.94 bits per heavy atom. The third-order valence-corrected chi connectivity index (χ3v) is 6.34. The van der Waals surface area contributed by atoms with Crippen molar-refractivity contribution in [2.24, 2.45) is 0 Å². The van der Waals surface area contributed by atoms with Gasteiger partial charge in [0.05, 0.1) is 11.4 Å². The van der Waals surface area contributed by atoms with Crippen LogP contribution in [0.4, 0.5) is 9.52 Å². The van der Waals surface area contributed by atoms with Crippen LogP contribution in [0, 0.1) is 5.82 Å². The predicted molar refractivity (Wildman–Crippen MR) is 131 cm³/mol. The Hall–Kier alpha value is -3.24. The molecule has 0 aliphatic carbocycles. The Morgan fingerprint density at radius 1 is 1.18 bits per heavy atom. The van der Waals surface area contributed by atoms with E-state index in [1.807, 2.05) is 5.38 Å². The molecule has 0 aliphatic heterocycles. The summed E-state index contributed by atoms with van der Waals surface area (Å²) in [4.78, 5) is 16.9. The lowest BCUT2D eigenvalue weighted by Gasteiger charge is -2.10. The molecule has 1 amide bonds. The third-order valence-electron chi connectivity index (χ3n) is 4.76. The molecule has 0 spiro atoms. The van der Waals surface area contributed by atoms with Gasteiger partial charge in [0, 0.05) is 10.9 Å². The first kappa shape index (κ1) is 23.9. The fourth-order valence-electron chi connectivity index (χ4n) is 3.09. The van der Waals surface area contributed by atoms with Gasteiger partial charge in [-0.1, -0.05) is 49.4 Å². The van der Waals surface area contributed by atoms with Gasteiger partial charge in [0.1, 0.15) is 11.6 Å². The number of thiazole rings is 1. The number of nitrogens with one attached hydrogen (secondary N) is 1. The van der Waals surface area contributed by atoms with Crippen LogP contribution in [0.15, 0.2) is 63.6 Å². The smallest absolute Gasteiger partial charge is 0.277 e. The standard InChI is InChI=1S/C24H23FN4O3S2/c1-3-4-16-5-7-17(8-6-16)20-13-33-23(26-20)27-21(30)14-34-24-29-28-22(32-24)15(2)31-19-11-9-18(25)10-12-19/h5-13,15H,3-4,14H2,1-2H3,(H,26,27,30). The number of aryl methyl sites for hydroxylation is 1. The van der Waals surface area contributed by atoms with Gasteiger partial charge < -0.3 is 14.5 Å². The number of anilines is 1. The first-order valence-corrected chi connectivity index (χ1v) is 12.6. The Morgan fingerprint density at radius 3 is 2.68 bits per heavy atom. The lowest BCUT2D eigenvalue weighted by molar-refractivity contribution is -0.113. The number of rotatable bonds is 10. The van der Waals surface area contributed by atoms with Crippen molar-refractivity contribution in [3.63, 3.8) is 0 Å². The Bertz CT molecular complexity index is 1230. The highest BCUT2D eigenvalue weighted by atomic mass is 32.2. The minimum absolute atomic E-state index is 0.0927. The number of halogens is 1.